The Balaban J connectivity index is 2.74. The minimum absolute atomic E-state index is 0.0290. The molecule has 0 aliphatic rings. The average molecular weight is 259 g/mol. The van der Waals surface area contributed by atoms with Crippen molar-refractivity contribution in [3.05, 3.63) is 46.4 Å². The van der Waals surface area contributed by atoms with Crippen molar-refractivity contribution in [2.45, 2.75) is 6.32 Å². The molecule has 0 unspecified atom stereocenters. The Hall–Kier alpha value is -1.09. The van der Waals surface area contributed by atoms with Crippen LogP contribution in [0.5, 0.6) is 0 Å². The van der Waals surface area contributed by atoms with Crippen molar-refractivity contribution in [2.24, 2.45) is 0 Å². The van der Waals surface area contributed by atoms with E-state index in [1.807, 2.05) is 36.4 Å². The van der Waals surface area contributed by atoms with Crippen LogP contribution >= 0.6 is 15.9 Å². The third-order valence-corrected chi connectivity index (χ3v) is 2.82. The number of halogens is 1. The molecule has 2 aromatic carbocycles. The van der Waals surface area contributed by atoms with E-state index in [4.69, 9.17) is 7.85 Å². The third-order valence-electron chi connectivity index (χ3n) is 2.33. The lowest BCUT2D eigenvalue weighted by Gasteiger charge is -2.04. The fourth-order valence-corrected chi connectivity index (χ4v) is 1.96. The number of hydrogen-bond donors (Lipinski definition) is 0. The van der Waals surface area contributed by atoms with Gasteiger partial charge in [0.05, 0.1) is 7.85 Å². The van der Waals surface area contributed by atoms with Gasteiger partial charge in [-0.3, -0.25) is 4.79 Å². The maximum atomic E-state index is 11.6. The van der Waals surface area contributed by atoms with Crippen molar-refractivity contribution in [1.29, 1.82) is 0 Å². The van der Waals surface area contributed by atoms with Gasteiger partial charge in [-0.15, -0.1) is 0 Å². The largest absolute Gasteiger partial charge is 0.295 e. The maximum absolute atomic E-state index is 11.6. The van der Waals surface area contributed by atoms with Crippen LogP contribution in [0.25, 0.3) is 10.8 Å². The van der Waals surface area contributed by atoms with E-state index in [1.165, 1.54) is 0 Å². The summed E-state index contributed by atoms with van der Waals surface area (Å²) in [7, 11) is 5.37. The molecule has 2 radical (unpaired) electrons. The highest BCUT2D eigenvalue weighted by Gasteiger charge is 2.07. The van der Waals surface area contributed by atoms with Crippen LogP contribution in [-0.2, 0) is 0 Å². The second-order valence-electron chi connectivity index (χ2n) is 3.30. The summed E-state index contributed by atoms with van der Waals surface area (Å²) in [6.45, 7) is 0. The van der Waals surface area contributed by atoms with E-state index >= 15 is 0 Å². The van der Waals surface area contributed by atoms with Gasteiger partial charge in [-0.2, -0.15) is 0 Å². The summed E-state index contributed by atoms with van der Waals surface area (Å²) in [4.78, 5) is 11.6. The van der Waals surface area contributed by atoms with Crippen LogP contribution in [0.1, 0.15) is 10.4 Å². The zero-order valence-electron chi connectivity index (χ0n) is 8.03. The Morgan fingerprint density at radius 2 is 2.07 bits per heavy atom. The van der Waals surface area contributed by atoms with Gasteiger partial charge >= 0.3 is 0 Å². The van der Waals surface area contributed by atoms with Gasteiger partial charge in [0.2, 0.25) is 0 Å². The molecule has 0 N–H and O–H groups in total. The summed E-state index contributed by atoms with van der Waals surface area (Å²) >= 11 is 3.40. The number of carbonyl (C=O) groups excluding carboxylic acids is 1. The molecule has 1 nitrogen and oxygen atoms in total. The molecule has 0 amide bonds. The fraction of sp³-hybridized carbons (Fsp3) is 0.0833. The van der Waals surface area contributed by atoms with Gasteiger partial charge < -0.3 is 0 Å². The van der Waals surface area contributed by atoms with Crippen LogP contribution in [0, 0.1) is 0 Å². The molecule has 15 heavy (non-hydrogen) atoms. The van der Waals surface area contributed by atoms with Gasteiger partial charge in [0, 0.05) is 10.0 Å². The zero-order chi connectivity index (χ0) is 10.8. The molecule has 0 saturated heterocycles. The van der Waals surface area contributed by atoms with Crippen molar-refractivity contribution >= 4 is 40.3 Å². The summed E-state index contributed by atoms with van der Waals surface area (Å²) < 4.78 is 0.965. The first-order chi connectivity index (χ1) is 7.22. The van der Waals surface area contributed by atoms with Crippen LogP contribution in [0.4, 0.5) is 0 Å². The van der Waals surface area contributed by atoms with E-state index in [1.54, 1.807) is 0 Å². The van der Waals surface area contributed by atoms with Gasteiger partial charge in [0.1, 0.15) is 0 Å². The molecule has 2 rings (SSSR count). The predicted molar refractivity (Wildman–Crippen MR) is 66.5 cm³/mol. The molecule has 0 atom stereocenters. The van der Waals surface area contributed by atoms with Gasteiger partial charge in [-0.25, -0.2) is 0 Å². The number of ketones is 1. The highest BCUT2D eigenvalue weighted by atomic mass is 79.9. The van der Waals surface area contributed by atoms with Crippen molar-refractivity contribution < 1.29 is 4.79 Å². The summed E-state index contributed by atoms with van der Waals surface area (Å²) in [5, 5.41) is 2.00. The SMILES string of the molecule is [B]CC(=O)c1cccc2ccc(Br)cc12. The molecule has 3 heteroatoms. The Kier molecular flexibility index (Phi) is 2.92. The lowest BCUT2D eigenvalue weighted by atomic mass is 9.93. The molecule has 0 spiro atoms. The normalized spacial score (nSPS) is 10.5. The molecular weight excluding hydrogens is 251 g/mol. The molecule has 72 valence electrons. The zero-order valence-corrected chi connectivity index (χ0v) is 9.62. The van der Waals surface area contributed by atoms with Crippen LogP contribution in [-0.4, -0.2) is 13.6 Å². The van der Waals surface area contributed by atoms with Crippen molar-refractivity contribution in [3.8, 4) is 0 Å². The van der Waals surface area contributed by atoms with Gasteiger partial charge in [0.15, 0.2) is 5.78 Å². The highest BCUT2D eigenvalue weighted by molar-refractivity contribution is 9.10. The number of rotatable bonds is 2. The van der Waals surface area contributed by atoms with Crippen molar-refractivity contribution in [2.75, 3.05) is 0 Å². The lowest BCUT2D eigenvalue weighted by Crippen LogP contribution is -1.98. The summed E-state index contributed by atoms with van der Waals surface area (Å²) in [5.74, 6) is -0.0290. The molecule has 2 aromatic rings. The monoisotopic (exact) mass is 258 g/mol. The highest BCUT2D eigenvalue weighted by Crippen LogP contribution is 2.23. The quantitative estimate of drug-likeness (QED) is 0.596. The van der Waals surface area contributed by atoms with Crippen LogP contribution < -0.4 is 0 Å². The topological polar surface area (TPSA) is 17.1 Å². The van der Waals surface area contributed by atoms with E-state index in [0.717, 1.165) is 15.2 Å². The molecular formula is C12H8BBrO. The van der Waals surface area contributed by atoms with Gasteiger partial charge in [0.25, 0.3) is 0 Å². The first-order valence-electron chi connectivity index (χ1n) is 4.64. The third kappa shape index (κ3) is 1.97. The molecule has 0 heterocycles. The number of Topliss-reactive ketones (excluding diaryl/α,β-unsaturated/α-hetero) is 1. The van der Waals surface area contributed by atoms with E-state index < -0.39 is 0 Å². The summed E-state index contributed by atoms with van der Waals surface area (Å²) in [5.41, 5.74) is 0.691. The Labute approximate surface area is 98.0 Å². The average Bonchev–Trinajstić information content (AvgIpc) is 2.27. The summed E-state index contributed by atoms with van der Waals surface area (Å²) in [6.07, 6.45) is 0.0472. The molecule has 0 aliphatic carbocycles. The van der Waals surface area contributed by atoms with E-state index in [9.17, 15) is 4.79 Å². The standard InChI is InChI=1S/C12H8BBrO/c13-7-12(15)10-3-1-2-8-4-5-9(14)6-11(8)10/h1-6H,7H2. The minimum atomic E-state index is -0.0290. The lowest BCUT2D eigenvalue weighted by molar-refractivity contribution is 0.101. The Morgan fingerprint density at radius 1 is 1.27 bits per heavy atom. The van der Waals surface area contributed by atoms with E-state index in [0.29, 0.717) is 5.56 Å². The molecule has 0 saturated carbocycles. The Morgan fingerprint density at radius 3 is 2.80 bits per heavy atom. The smallest absolute Gasteiger partial charge is 0.154 e. The van der Waals surface area contributed by atoms with Crippen molar-refractivity contribution in [1.82, 2.24) is 0 Å². The second-order valence-corrected chi connectivity index (χ2v) is 4.21. The number of hydrogen-bond acceptors (Lipinski definition) is 1. The summed E-state index contributed by atoms with van der Waals surface area (Å²) in [6, 6.07) is 11.5. The number of fused-ring (bicyclic) bond motifs is 1. The fourth-order valence-electron chi connectivity index (χ4n) is 1.60. The molecule has 0 bridgehead atoms. The maximum Gasteiger partial charge on any atom is 0.154 e. The van der Waals surface area contributed by atoms with Crippen LogP contribution in [0.15, 0.2) is 40.9 Å². The minimum Gasteiger partial charge on any atom is -0.295 e. The van der Waals surface area contributed by atoms with Gasteiger partial charge in [-0.1, -0.05) is 40.2 Å². The molecule has 0 aliphatic heterocycles. The number of benzene rings is 2. The van der Waals surface area contributed by atoms with E-state index in [-0.39, 0.29) is 12.1 Å². The predicted octanol–water partition coefficient (Wildman–Crippen LogP) is 3.37. The van der Waals surface area contributed by atoms with Crippen molar-refractivity contribution in [3.63, 3.8) is 0 Å². The van der Waals surface area contributed by atoms with Crippen LogP contribution in [0.2, 0.25) is 6.32 Å². The molecule has 0 fully saturated rings. The van der Waals surface area contributed by atoms with Crippen LogP contribution in [0.3, 0.4) is 0 Å². The Bertz CT molecular complexity index is 522. The number of carbonyl (C=O) groups is 1. The first kappa shape index (κ1) is 10.4. The molecule has 0 aromatic heterocycles. The van der Waals surface area contributed by atoms with Gasteiger partial charge in [-0.05, 0) is 29.2 Å². The second kappa shape index (κ2) is 4.19. The first-order valence-corrected chi connectivity index (χ1v) is 5.43. The van der Waals surface area contributed by atoms with E-state index in [2.05, 4.69) is 15.9 Å².